The van der Waals surface area contributed by atoms with Crippen LogP contribution in [0.5, 0.6) is 11.5 Å². The Kier molecular flexibility index (Phi) is 6.32. The van der Waals surface area contributed by atoms with Gasteiger partial charge in [0, 0.05) is 4.43 Å². The van der Waals surface area contributed by atoms with Gasteiger partial charge in [0.05, 0.1) is 26.9 Å². The Labute approximate surface area is 139 Å². The molecule has 0 aliphatic heterocycles. The normalized spacial score (nSPS) is 12.0. The van der Waals surface area contributed by atoms with Crippen molar-refractivity contribution in [3.63, 3.8) is 0 Å². The highest BCUT2D eigenvalue weighted by Gasteiger charge is 2.11. The molecule has 2 aromatic rings. The molecular formula is C17H19IO3. The summed E-state index contributed by atoms with van der Waals surface area (Å²) in [6.45, 7) is 0.578. The third-order valence-corrected chi connectivity index (χ3v) is 4.02. The lowest BCUT2D eigenvalue weighted by molar-refractivity contribution is 0.0575. The summed E-state index contributed by atoms with van der Waals surface area (Å²) in [6.07, 6.45) is 0.0581. The van der Waals surface area contributed by atoms with Crippen molar-refractivity contribution in [2.75, 3.05) is 18.6 Å². The lowest BCUT2D eigenvalue weighted by Crippen LogP contribution is -2.06. The van der Waals surface area contributed by atoms with Crippen molar-refractivity contribution in [3.8, 4) is 11.5 Å². The number of hydrogen-bond donors (Lipinski definition) is 0. The highest BCUT2D eigenvalue weighted by Crippen LogP contribution is 2.25. The summed E-state index contributed by atoms with van der Waals surface area (Å²) >= 11 is 2.35. The molecule has 0 fully saturated rings. The van der Waals surface area contributed by atoms with E-state index in [0.717, 1.165) is 27.1 Å². The van der Waals surface area contributed by atoms with Crippen LogP contribution in [-0.2, 0) is 11.3 Å². The van der Waals surface area contributed by atoms with Gasteiger partial charge in [0.1, 0.15) is 11.5 Å². The molecule has 0 aliphatic carbocycles. The number of rotatable bonds is 7. The monoisotopic (exact) mass is 398 g/mol. The van der Waals surface area contributed by atoms with Crippen LogP contribution in [0.4, 0.5) is 0 Å². The number of alkyl halides is 1. The zero-order chi connectivity index (χ0) is 15.1. The molecule has 3 nitrogen and oxygen atoms in total. The maximum atomic E-state index is 6.03. The van der Waals surface area contributed by atoms with E-state index in [0.29, 0.717) is 6.61 Å². The molecule has 0 bridgehead atoms. The molecule has 0 radical (unpaired) electrons. The topological polar surface area (TPSA) is 27.7 Å². The molecule has 0 amide bonds. The van der Waals surface area contributed by atoms with Crippen LogP contribution in [0.15, 0.2) is 48.5 Å². The Balaban J connectivity index is 2.01. The van der Waals surface area contributed by atoms with Gasteiger partial charge in [0.15, 0.2) is 0 Å². The third kappa shape index (κ3) is 4.61. The predicted octanol–water partition coefficient (Wildman–Crippen LogP) is 4.40. The Bertz CT molecular complexity index is 554. The number of hydrogen-bond acceptors (Lipinski definition) is 3. The van der Waals surface area contributed by atoms with Crippen molar-refractivity contribution in [1.29, 1.82) is 0 Å². The van der Waals surface area contributed by atoms with Gasteiger partial charge >= 0.3 is 0 Å². The van der Waals surface area contributed by atoms with E-state index >= 15 is 0 Å². The highest BCUT2D eigenvalue weighted by molar-refractivity contribution is 14.1. The van der Waals surface area contributed by atoms with E-state index in [2.05, 4.69) is 28.7 Å². The molecule has 0 saturated carbocycles. The van der Waals surface area contributed by atoms with Gasteiger partial charge in [-0.15, -0.1) is 0 Å². The summed E-state index contributed by atoms with van der Waals surface area (Å²) in [6, 6.07) is 16.0. The lowest BCUT2D eigenvalue weighted by atomic mass is 10.1. The van der Waals surface area contributed by atoms with Crippen LogP contribution in [0.2, 0.25) is 0 Å². The predicted molar refractivity (Wildman–Crippen MR) is 92.4 cm³/mol. The average Bonchev–Trinajstić information content (AvgIpc) is 2.56. The molecule has 0 spiro atoms. The third-order valence-electron chi connectivity index (χ3n) is 3.22. The quantitative estimate of drug-likeness (QED) is 0.511. The van der Waals surface area contributed by atoms with E-state index in [9.17, 15) is 0 Å². The molecule has 1 unspecified atom stereocenters. The van der Waals surface area contributed by atoms with E-state index in [4.69, 9.17) is 14.2 Å². The second-order valence-corrected chi connectivity index (χ2v) is 5.46. The fourth-order valence-electron chi connectivity index (χ4n) is 1.99. The van der Waals surface area contributed by atoms with Gasteiger partial charge in [-0.25, -0.2) is 0 Å². The fourth-order valence-corrected chi connectivity index (χ4v) is 2.75. The lowest BCUT2D eigenvalue weighted by Gasteiger charge is -2.17. The SMILES string of the molecule is COc1ccc(COC(CI)c2cccc(OC)c2)cc1. The minimum absolute atomic E-state index is 0.0581. The zero-order valence-corrected chi connectivity index (χ0v) is 14.4. The molecule has 0 saturated heterocycles. The smallest absolute Gasteiger partial charge is 0.119 e. The summed E-state index contributed by atoms with van der Waals surface area (Å²) in [7, 11) is 3.34. The van der Waals surface area contributed by atoms with Gasteiger partial charge < -0.3 is 14.2 Å². The summed E-state index contributed by atoms with van der Waals surface area (Å²) in [5, 5.41) is 0. The zero-order valence-electron chi connectivity index (χ0n) is 12.2. The van der Waals surface area contributed by atoms with E-state index in [-0.39, 0.29) is 6.10 Å². The number of halogens is 1. The summed E-state index contributed by atoms with van der Waals surface area (Å²) < 4.78 is 17.3. The van der Waals surface area contributed by atoms with Crippen molar-refractivity contribution < 1.29 is 14.2 Å². The molecular weight excluding hydrogens is 379 g/mol. The van der Waals surface area contributed by atoms with Crippen LogP contribution in [0.3, 0.4) is 0 Å². The molecule has 0 aromatic heterocycles. The van der Waals surface area contributed by atoms with Crippen molar-refractivity contribution in [3.05, 3.63) is 59.7 Å². The molecule has 21 heavy (non-hydrogen) atoms. The molecule has 112 valence electrons. The van der Waals surface area contributed by atoms with E-state index in [1.807, 2.05) is 42.5 Å². The van der Waals surface area contributed by atoms with Crippen LogP contribution in [0.1, 0.15) is 17.2 Å². The largest absolute Gasteiger partial charge is 0.497 e. The van der Waals surface area contributed by atoms with Gasteiger partial charge in [-0.1, -0.05) is 46.9 Å². The van der Waals surface area contributed by atoms with Crippen LogP contribution >= 0.6 is 22.6 Å². The van der Waals surface area contributed by atoms with Gasteiger partial charge in [0.2, 0.25) is 0 Å². The second kappa shape index (κ2) is 8.24. The standard InChI is InChI=1S/C17H19IO3/c1-19-15-8-6-13(7-9-15)12-21-17(11-18)14-4-3-5-16(10-14)20-2/h3-10,17H,11-12H2,1-2H3. The molecule has 4 heteroatoms. The maximum absolute atomic E-state index is 6.03. The Morgan fingerprint density at radius 2 is 1.67 bits per heavy atom. The Hall–Kier alpha value is -1.27. The molecule has 2 rings (SSSR count). The van der Waals surface area contributed by atoms with Crippen molar-refractivity contribution in [2.24, 2.45) is 0 Å². The minimum Gasteiger partial charge on any atom is -0.497 e. The average molecular weight is 398 g/mol. The molecule has 2 aromatic carbocycles. The fraction of sp³-hybridized carbons (Fsp3) is 0.294. The molecule has 1 atom stereocenters. The minimum atomic E-state index is 0.0581. The first-order chi connectivity index (χ1) is 10.3. The first-order valence-electron chi connectivity index (χ1n) is 6.71. The van der Waals surface area contributed by atoms with Gasteiger partial charge in [0.25, 0.3) is 0 Å². The molecule has 0 N–H and O–H groups in total. The van der Waals surface area contributed by atoms with Crippen molar-refractivity contribution in [2.45, 2.75) is 12.7 Å². The van der Waals surface area contributed by atoms with Gasteiger partial charge in [-0.3, -0.25) is 0 Å². The second-order valence-electron chi connectivity index (χ2n) is 4.58. The number of benzene rings is 2. The van der Waals surface area contributed by atoms with Gasteiger partial charge in [-0.05, 0) is 35.4 Å². The van der Waals surface area contributed by atoms with E-state index in [1.54, 1.807) is 14.2 Å². The van der Waals surface area contributed by atoms with Crippen LogP contribution in [0.25, 0.3) is 0 Å². The van der Waals surface area contributed by atoms with Crippen LogP contribution in [0, 0.1) is 0 Å². The van der Waals surface area contributed by atoms with Crippen LogP contribution < -0.4 is 9.47 Å². The summed E-state index contributed by atoms with van der Waals surface area (Å²) in [5.74, 6) is 1.72. The van der Waals surface area contributed by atoms with Gasteiger partial charge in [-0.2, -0.15) is 0 Å². The van der Waals surface area contributed by atoms with Crippen molar-refractivity contribution >= 4 is 22.6 Å². The van der Waals surface area contributed by atoms with E-state index in [1.165, 1.54) is 0 Å². The number of ether oxygens (including phenoxy) is 3. The first-order valence-corrected chi connectivity index (χ1v) is 8.24. The molecule has 0 heterocycles. The summed E-state index contributed by atoms with van der Waals surface area (Å²) in [4.78, 5) is 0. The Morgan fingerprint density at radius 1 is 0.952 bits per heavy atom. The molecule has 0 aliphatic rings. The highest BCUT2D eigenvalue weighted by atomic mass is 127. The van der Waals surface area contributed by atoms with Crippen LogP contribution in [-0.4, -0.2) is 18.6 Å². The first kappa shape index (κ1) is 16.1. The van der Waals surface area contributed by atoms with E-state index < -0.39 is 0 Å². The number of methoxy groups -OCH3 is 2. The summed E-state index contributed by atoms with van der Waals surface area (Å²) in [5.41, 5.74) is 2.27. The van der Waals surface area contributed by atoms with Crippen molar-refractivity contribution in [1.82, 2.24) is 0 Å². The Morgan fingerprint density at radius 3 is 2.29 bits per heavy atom. The maximum Gasteiger partial charge on any atom is 0.119 e.